The van der Waals surface area contributed by atoms with Crippen molar-refractivity contribution in [3.05, 3.63) is 93.5 Å². The smallest absolute Gasteiger partial charge is 0.308 e. The second-order valence-electron chi connectivity index (χ2n) is 8.19. The Kier molecular flexibility index (Phi) is 8.42. The highest BCUT2D eigenvalue weighted by atomic mass is 79.9. The van der Waals surface area contributed by atoms with Crippen LogP contribution >= 0.6 is 15.9 Å². The zero-order chi connectivity index (χ0) is 22.2. The van der Waals surface area contributed by atoms with E-state index in [4.69, 9.17) is 4.74 Å². The molecule has 0 saturated carbocycles. The van der Waals surface area contributed by atoms with Crippen LogP contribution in [0, 0.1) is 5.92 Å². The highest BCUT2D eigenvalue weighted by Gasteiger charge is 2.25. The van der Waals surface area contributed by atoms with Gasteiger partial charge in [-0.3, -0.25) is 9.59 Å². The molecule has 0 aliphatic heterocycles. The van der Waals surface area contributed by atoms with Crippen LogP contribution in [0.15, 0.2) is 82.4 Å². The van der Waals surface area contributed by atoms with Crippen molar-refractivity contribution in [2.24, 2.45) is 5.92 Å². The molecule has 0 aromatic heterocycles. The molecule has 0 bridgehead atoms. The van der Waals surface area contributed by atoms with E-state index < -0.39 is 0 Å². The second-order valence-corrected chi connectivity index (χ2v) is 9.21. The lowest BCUT2D eigenvalue weighted by Crippen LogP contribution is -2.16. The van der Waals surface area contributed by atoms with Crippen molar-refractivity contribution in [3.8, 4) is 0 Å². The number of hydrogen-bond donors (Lipinski definition) is 0. The van der Waals surface area contributed by atoms with E-state index in [0.717, 1.165) is 34.0 Å². The molecule has 1 atom stereocenters. The lowest BCUT2D eigenvalue weighted by molar-refractivity contribution is -0.147. The van der Waals surface area contributed by atoms with Crippen molar-refractivity contribution in [2.75, 3.05) is 6.61 Å². The van der Waals surface area contributed by atoms with Gasteiger partial charge in [-0.25, -0.2) is 0 Å². The number of hydrogen-bond acceptors (Lipinski definition) is 3. The molecular weight excluding hydrogens is 452 g/mol. The van der Waals surface area contributed by atoms with Gasteiger partial charge in [0, 0.05) is 12.0 Å². The van der Waals surface area contributed by atoms with Gasteiger partial charge in [0.05, 0.1) is 18.4 Å². The standard InChI is InChI=1S/C27H29BrO3/c1-19(2)27(30)31-16-15-20-13-14-24(28)17-23(20)18-25(21-9-5-3-6-10-21)26(29)22-11-7-4-8-12-22/h3-12,17,19,25H,13-16,18H2,1-2H3. The summed E-state index contributed by atoms with van der Waals surface area (Å²) >= 11 is 3.65. The first-order chi connectivity index (χ1) is 15.0. The van der Waals surface area contributed by atoms with Crippen LogP contribution in [0.1, 0.15) is 61.4 Å². The fourth-order valence-electron chi connectivity index (χ4n) is 3.80. The molecule has 0 radical (unpaired) electrons. The van der Waals surface area contributed by atoms with E-state index >= 15 is 0 Å². The number of Topliss-reactive ketones (excluding diaryl/α,β-unsaturated/α-hetero) is 1. The van der Waals surface area contributed by atoms with E-state index in [-0.39, 0.29) is 23.6 Å². The van der Waals surface area contributed by atoms with Crippen LogP contribution < -0.4 is 0 Å². The lowest BCUT2D eigenvalue weighted by atomic mass is 9.82. The number of benzene rings is 2. The van der Waals surface area contributed by atoms with Gasteiger partial charge in [-0.15, -0.1) is 0 Å². The molecule has 0 spiro atoms. The molecule has 31 heavy (non-hydrogen) atoms. The third-order valence-corrected chi connectivity index (χ3v) is 6.20. The van der Waals surface area contributed by atoms with Gasteiger partial charge in [-0.05, 0) is 41.0 Å². The molecule has 0 fully saturated rings. The van der Waals surface area contributed by atoms with E-state index in [2.05, 4.69) is 22.0 Å². The van der Waals surface area contributed by atoms with Crippen LogP contribution in [-0.4, -0.2) is 18.4 Å². The molecule has 1 aliphatic carbocycles. The fourth-order valence-corrected chi connectivity index (χ4v) is 4.27. The third kappa shape index (κ3) is 6.51. The minimum atomic E-state index is -0.263. The van der Waals surface area contributed by atoms with Gasteiger partial charge < -0.3 is 4.74 Å². The fraction of sp³-hybridized carbons (Fsp3) is 0.333. The summed E-state index contributed by atoms with van der Waals surface area (Å²) in [5.41, 5.74) is 4.17. The van der Waals surface area contributed by atoms with Gasteiger partial charge in [0.2, 0.25) is 0 Å². The van der Waals surface area contributed by atoms with E-state index in [9.17, 15) is 9.59 Å². The van der Waals surface area contributed by atoms with E-state index in [1.165, 1.54) is 5.57 Å². The molecule has 0 heterocycles. The summed E-state index contributed by atoms with van der Waals surface area (Å²) in [6, 6.07) is 19.5. The number of esters is 1. The number of carbonyl (C=O) groups excluding carboxylic acids is 2. The van der Waals surface area contributed by atoms with Crippen LogP contribution in [0.4, 0.5) is 0 Å². The topological polar surface area (TPSA) is 43.4 Å². The quantitative estimate of drug-likeness (QED) is 0.286. The van der Waals surface area contributed by atoms with E-state index in [1.54, 1.807) is 0 Å². The van der Waals surface area contributed by atoms with Crippen molar-refractivity contribution in [1.82, 2.24) is 0 Å². The van der Waals surface area contributed by atoms with Gasteiger partial charge in [0.25, 0.3) is 0 Å². The molecule has 2 aromatic carbocycles. The Morgan fingerprint density at radius 2 is 1.61 bits per heavy atom. The number of ether oxygens (including phenoxy) is 1. The van der Waals surface area contributed by atoms with Crippen molar-refractivity contribution >= 4 is 27.7 Å². The van der Waals surface area contributed by atoms with Crippen molar-refractivity contribution in [3.63, 3.8) is 0 Å². The van der Waals surface area contributed by atoms with E-state index in [1.807, 2.05) is 74.5 Å². The molecule has 1 aliphatic rings. The first-order valence-electron chi connectivity index (χ1n) is 10.8. The van der Waals surface area contributed by atoms with Crippen LogP contribution in [0.2, 0.25) is 0 Å². The first kappa shape index (κ1) is 23.2. The van der Waals surface area contributed by atoms with Crippen LogP contribution in [0.25, 0.3) is 0 Å². The minimum Gasteiger partial charge on any atom is -0.465 e. The first-order valence-corrected chi connectivity index (χ1v) is 11.6. The summed E-state index contributed by atoms with van der Waals surface area (Å²) < 4.78 is 6.56. The Morgan fingerprint density at radius 1 is 0.968 bits per heavy atom. The molecule has 3 rings (SSSR count). The summed E-state index contributed by atoms with van der Waals surface area (Å²) in [6.07, 6.45) is 5.31. The monoisotopic (exact) mass is 480 g/mol. The number of ketones is 1. The summed E-state index contributed by atoms with van der Waals surface area (Å²) in [5, 5.41) is 0. The van der Waals surface area contributed by atoms with Crippen LogP contribution in [0.5, 0.6) is 0 Å². The SMILES string of the molecule is CC(C)C(=O)OCCC1=C(CC(C(=O)c2ccccc2)c2ccccc2)C=C(Br)CC1. The highest BCUT2D eigenvalue weighted by molar-refractivity contribution is 9.11. The maximum atomic E-state index is 13.5. The Bertz CT molecular complexity index is 958. The Morgan fingerprint density at radius 3 is 2.26 bits per heavy atom. The molecule has 162 valence electrons. The minimum absolute atomic E-state index is 0.125. The van der Waals surface area contributed by atoms with Crippen molar-refractivity contribution in [2.45, 2.75) is 45.4 Å². The summed E-state index contributed by atoms with van der Waals surface area (Å²) in [4.78, 5) is 25.3. The maximum absolute atomic E-state index is 13.5. The predicted octanol–water partition coefficient (Wildman–Crippen LogP) is 7.00. The third-order valence-electron chi connectivity index (χ3n) is 5.57. The average Bonchev–Trinajstić information content (AvgIpc) is 2.79. The van der Waals surface area contributed by atoms with Crippen molar-refractivity contribution < 1.29 is 14.3 Å². The predicted molar refractivity (Wildman–Crippen MR) is 128 cm³/mol. The van der Waals surface area contributed by atoms with Gasteiger partial charge in [0.1, 0.15) is 0 Å². The molecule has 2 aromatic rings. The van der Waals surface area contributed by atoms with Crippen molar-refractivity contribution in [1.29, 1.82) is 0 Å². The van der Waals surface area contributed by atoms with Gasteiger partial charge >= 0.3 is 5.97 Å². The number of allylic oxidation sites excluding steroid dienone is 3. The van der Waals surface area contributed by atoms with Gasteiger partial charge in [-0.2, -0.15) is 0 Å². The maximum Gasteiger partial charge on any atom is 0.308 e. The van der Waals surface area contributed by atoms with Gasteiger partial charge in [0.15, 0.2) is 5.78 Å². The number of rotatable bonds is 9. The largest absolute Gasteiger partial charge is 0.465 e. The second kappa shape index (κ2) is 11.2. The summed E-state index contributed by atoms with van der Waals surface area (Å²) in [7, 11) is 0. The summed E-state index contributed by atoms with van der Waals surface area (Å²) in [6.45, 7) is 4.06. The zero-order valence-electron chi connectivity index (χ0n) is 18.1. The molecule has 0 amide bonds. The van der Waals surface area contributed by atoms with Crippen LogP contribution in [-0.2, 0) is 9.53 Å². The molecular formula is C27H29BrO3. The highest BCUT2D eigenvalue weighted by Crippen LogP contribution is 2.36. The molecule has 1 unspecified atom stereocenters. The van der Waals surface area contributed by atoms with E-state index in [0.29, 0.717) is 19.4 Å². The number of halogens is 1. The Labute approximate surface area is 193 Å². The molecule has 0 N–H and O–H groups in total. The Hall–Kier alpha value is -2.46. The number of carbonyl (C=O) groups is 2. The summed E-state index contributed by atoms with van der Waals surface area (Å²) in [5.74, 6) is -0.433. The molecule has 3 nitrogen and oxygen atoms in total. The Balaban J connectivity index is 1.87. The average molecular weight is 481 g/mol. The lowest BCUT2D eigenvalue weighted by Gasteiger charge is -2.23. The molecule has 0 saturated heterocycles. The molecule has 4 heteroatoms. The van der Waals surface area contributed by atoms with Crippen LogP contribution in [0.3, 0.4) is 0 Å². The zero-order valence-corrected chi connectivity index (χ0v) is 19.7. The normalized spacial score (nSPS) is 14.9. The van der Waals surface area contributed by atoms with Gasteiger partial charge in [-0.1, -0.05) is 96.0 Å².